The molecule has 0 saturated heterocycles. The Morgan fingerprint density at radius 2 is 1.57 bits per heavy atom. The maximum atomic E-state index is 13.4. The van der Waals surface area contributed by atoms with Crippen LogP contribution in [0.15, 0.2) is 85.1 Å². The van der Waals surface area contributed by atoms with Gasteiger partial charge in [0.15, 0.2) is 0 Å². The molecule has 0 N–H and O–H groups in total. The number of esters is 1. The third-order valence-corrected chi connectivity index (χ3v) is 6.97. The molecule has 1 aromatic heterocycles. The molecule has 4 aromatic rings. The van der Waals surface area contributed by atoms with E-state index in [0.29, 0.717) is 44.4 Å². The van der Waals surface area contributed by atoms with Gasteiger partial charge in [-0.15, -0.1) is 0 Å². The molecule has 3 aromatic carbocycles. The number of methoxy groups -OCH3 is 1. The highest BCUT2D eigenvalue weighted by molar-refractivity contribution is 5.82. The molecule has 0 bridgehead atoms. The van der Waals surface area contributed by atoms with E-state index in [1.54, 1.807) is 20.2 Å². The third-order valence-electron chi connectivity index (χ3n) is 6.97. The molecule has 1 heterocycles. The van der Waals surface area contributed by atoms with Crippen LogP contribution in [0.2, 0.25) is 0 Å². The Hall–Kier alpha value is -4.65. The Balaban J connectivity index is 1.76. The Labute approximate surface area is 248 Å². The van der Waals surface area contributed by atoms with Gasteiger partial charge in [-0.25, -0.2) is 4.98 Å². The van der Waals surface area contributed by atoms with Gasteiger partial charge in [-0.2, -0.15) is 0 Å². The van der Waals surface area contributed by atoms with Crippen LogP contribution in [-0.2, 0) is 33.7 Å². The van der Waals surface area contributed by atoms with Crippen LogP contribution in [0.25, 0.3) is 22.3 Å². The van der Waals surface area contributed by atoms with Crippen molar-refractivity contribution in [2.75, 3.05) is 26.9 Å². The number of amides is 1. The van der Waals surface area contributed by atoms with E-state index in [9.17, 15) is 9.59 Å². The first kappa shape index (κ1) is 30.3. The summed E-state index contributed by atoms with van der Waals surface area (Å²) in [5.41, 5.74) is 6.43. The number of carbonyl (C=O) groups excluding carboxylic acids is 2. The van der Waals surface area contributed by atoms with Crippen LogP contribution in [0.5, 0.6) is 11.6 Å². The smallest absolute Gasteiger partial charge is 0.310 e. The second-order valence-corrected chi connectivity index (χ2v) is 9.78. The summed E-state index contributed by atoms with van der Waals surface area (Å²) in [5.74, 6) is 1.02. The molecule has 0 fully saturated rings. The van der Waals surface area contributed by atoms with E-state index in [-0.39, 0.29) is 18.3 Å². The van der Waals surface area contributed by atoms with Crippen molar-refractivity contribution in [1.82, 2.24) is 9.88 Å². The zero-order valence-corrected chi connectivity index (χ0v) is 24.8. The minimum absolute atomic E-state index is 0.0470. The van der Waals surface area contributed by atoms with Crippen molar-refractivity contribution in [3.05, 3.63) is 102 Å². The summed E-state index contributed by atoms with van der Waals surface area (Å²) in [6.07, 6.45) is 2.28. The largest absolute Gasteiger partial charge is 0.496 e. The number of nitrogens with zero attached hydrogens (tertiary/aromatic N) is 2. The molecule has 42 heavy (non-hydrogen) atoms. The summed E-state index contributed by atoms with van der Waals surface area (Å²) >= 11 is 0. The van der Waals surface area contributed by atoms with E-state index >= 15 is 0 Å². The number of ether oxygens (including phenoxy) is 3. The minimum Gasteiger partial charge on any atom is -0.496 e. The molecule has 0 aliphatic heterocycles. The van der Waals surface area contributed by atoms with E-state index in [1.165, 1.54) is 0 Å². The maximum absolute atomic E-state index is 13.4. The fraction of sp³-hybridized carbons (Fsp3) is 0.286. The number of hydrogen-bond donors (Lipinski definition) is 0. The average molecular weight is 567 g/mol. The summed E-state index contributed by atoms with van der Waals surface area (Å²) in [6, 6.07) is 25.5. The van der Waals surface area contributed by atoms with Gasteiger partial charge >= 0.3 is 5.97 Å². The number of hydrogen-bond acceptors (Lipinski definition) is 6. The molecule has 4 rings (SSSR count). The first-order valence-electron chi connectivity index (χ1n) is 14.3. The number of rotatable bonds is 13. The van der Waals surface area contributed by atoms with E-state index in [1.807, 2.05) is 91.5 Å². The highest BCUT2D eigenvalue weighted by atomic mass is 16.5. The van der Waals surface area contributed by atoms with Crippen LogP contribution in [0.3, 0.4) is 0 Å². The highest BCUT2D eigenvalue weighted by Gasteiger charge is 2.19. The van der Waals surface area contributed by atoms with Crippen LogP contribution in [0.4, 0.5) is 0 Å². The SMILES string of the molecule is CCOC(=O)Cc1ccc(OC)c(-c2ccc(-c3ccc(OCC)nc3)cc2CN(CC)C(=O)Cc2ccccc2)c1. The minimum atomic E-state index is -0.282. The number of carbonyl (C=O) groups is 2. The number of pyridine rings is 1. The first-order chi connectivity index (χ1) is 20.4. The van der Waals surface area contributed by atoms with E-state index in [0.717, 1.165) is 38.9 Å². The van der Waals surface area contributed by atoms with Gasteiger partial charge in [0.2, 0.25) is 11.8 Å². The molecular weight excluding hydrogens is 528 g/mol. The molecule has 0 spiro atoms. The molecule has 0 aliphatic carbocycles. The molecule has 218 valence electrons. The third kappa shape index (κ3) is 7.75. The van der Waals surface area contributed by atoms with E-state index in [2.05, 4.69) is 11.1 Å². The lowest BCUT2D eigenvalue weighted by Crippen LogP contribution is -2.31. The van der Waals surface area contributed by atoms with Crippen LogP contribution in [-0.4, -0.2) is 48.6 Å². The molecule has 0 aliphatic rings. The normalized spacial score (nSPS) is 10.7. The predicted molar refractivity (Wildman–Crippen MR) is 164 cm³/mol. The van der Waals surface area contributed by atoms with Gasteiger partial charge in [-0.3, -0.25) is 9.59 Å². The van der Waals surface area contributed by atoms with Crippen molar-refractivity contribution in [1.29, 1.82) is 0 Å². The van der Waals surface area contributed by atoms with Crippen LogP contribution in [0.1, 0.15) is 37.5 Å². The van der Waals surface area contributed by atoms with Crippen molar-refractivity contribution in [3.8, 4) is 33.9 Å². The van der Waals surface area contributed by atoms with Crippen molar-refractivity contribution in [2.45, 2.75) is 40.2 Å². The fourth-order valence-electron chi connectivity index (χ4n) is 4.87. The zero-order chi connectivity index (χ0) is 29.9. The number of aromatic nitrogens is 1. The lowest BCUT2D eigenvalue weighted by atomic mass is 9.93. The van der Waals surface area contributed by atoms with Gasteiger partial charge in [0.1, 0.15) is 5.75 Å². The second-order valence-electron chi connectivity index (χ2n) is 9.78. The van der Waals surface area contributed by atoms with E-state index in [4.69, 9.17) is 14.2 Å². The molecule has 0 atom stereocenters. The average Bonchev–Trinajstić information content (AvgIpc) is 3.01. The topological polar surface area (TPSA) is 78.0 Å². The van der Waals surface area contributed by atoms with Crippen molar-refractivity contribution >= 4 is 11.9 Å². The Bertz CT molecular complexity index is 1490. The van der Waals surface area contributed by atoms with Gasteiger partial charge < -0.3 is 19.1 Å². The monoisotopic (exact) mass is 566 g/mol. The summed E-state index contributed by atoms with van der Waals surface area (Å²) in [5, 5.41) is 0. The number of likely N-dealkylation sites (N-methyl/N-ethyl adjacent to an activating group) is 1. The van der Waals surface area contributed by atoms with E-state index < -0.39 is 0 Å². The molecular formula is C35H38N2O5. The standard InChI is InChI=1S/C35H38N2O5/c1-5-37(34(38)20-25-11-9-8-10-12-25)24-29-22-27(28-15-18-33(36-23-28)41-6-2)14-16-30(29)31-19-26(13-17-32(31)40-4)21-35(39)42-7-3/h8-19,22-23H,5-7,20-21,24H2,1-4H3. The molecule has 0 saturated carbocycles. The Morgan fingerprint density at radius 3 is 2.24 bits per heavy atom. The van der Waals surface area contributed by atoms with Gasteiger partial charge in [-0.05, 0) is 72.9 Å². The van der Waals surface area contributed by atoms with Crippen LogP contribution >= 0.6 is 0 Å². The van der Waals surface area contributed by atoms with Crippen molar-refractivity contribution in [3.63, 3.8) is 0 Å². The molecule has 0 radical (unpaired) electrons. The first-order valence-corrected chi connectivity index (χ1v) is 14.3. The van der Waals surface area contributed by atoms with Crippen molar-refractivity contribution < 1.29 is 23.8 Å². The zero-order valence-electron chi connectivity index (χ0n) is 24.8. The van der Waals surface area contributed by atoms with Gasteiger partial charge in [0, 0.05) is 36.5 Å². The van der Waals surface area contributed by atoms with Gasteiger partial charge in [-0.1, -0.05) is 48.5 Å². The van der Waals surface area contributed by atoms with Gasteiger partial charge in [0.05, 0.1) is 33.2 Å². The molecule has 7 nitrogen and oxygen atoms in total. The van der Waals surface area contributed by atoms with Crippen LogP contribution < -0.4 is 9.47 Å². The lowest BCUT2D eigenvalue weighted by molar-refractivity contribution is -0.142. The van der Waals surface area contributed by atoms with Gasteiger partial charge in [0.25, 0.3) is 0 Å². The summed E-state index contributed by atoms with van der Waals surface area (Å²) < 4.78 is 16.4. The Kier molecular flexibility index (Phi) is 10.7. The van der Waals surface area contributed by atoms with Crippen LogP contribution in [0, 0.1) is 0 Å². The Morgan fingerprint density at radius 1 is 0.786 bits per heavy atom. The summed E-state index contributed by atoms with van der Waals surface area (Å²) in [6.45, 7) is 7.55. The molecule has 1 amide bonds. The molecule has 0 unspecified atom stereocenters. The lowest BCUT2D eigenvalue weighted by Gasteiger charge is -2.24. The molecule has 7 heteroatoms. The number of benzene rings is 3. The highest BCUT2D eigenvalue weighted by Crippen LogP contribution is 2.36. The summed E-state index contributed by atoms with van der Waals surface area (Å²) in [7, 11) is 1.63. The summed E-state index contributed by atoms with van der Waals surface area (Å²) in [4.78, 5) is 32.0. The quantitative estimate of drug-likeness (QED) is 0.172. The van der Waals surface area contributed by atoms with Crippen molar-refractivity contribution in [2.24, 2.45) is 0 Å². The fourth-order valence-corrected chi connectivity index (χ4v) is 4.87. The maximum Gasteiger partial charge on any atom is 0.310 e. The predicted octanol–water partition coefficient (Wildman–Crippen LogP) is 6.52. The second kappa shape index (κ2) is 14.8.